The fourth-order valence-corrected chi connectivity index (χ4v) is 9.06. The van der Waals surface area contributed by atoms with Crippen molar-refractivity contribution in [2.24, 2.45) is 0 Å². The lowest BCUT2D eigenvalue weighted by atomic mass is 9.33. The van der Waals surface area contributed by atoms with Gasteiger partial charge in [0.15, 0.2) is 0 Å². The molecule has 55 heavy (non-hydrogen) atoms. The number of aromatic nitrogens is 1. The molecule has 2 aliphatic rings. The van der Waals surface area contributed by atoms with Gasteiger partial charge in [-0.2, -0.15) is 0 Å². The topological polar surface area (TPSA) is 25.5 Å². The van der Waals surface area contributed by atoms with Gasteiger partial charge in [-0.15, -0.1) is 0 Å². The van der Waals surface area contributed by atoms with Crippen molar-refractivity contribution in [3.63, 3.8) is 0 Å². The zero-order valence-corrected chi connectivity index (χ0v) is 30.7. The van der Waals surface area contributed by atoms with Crippen LogP contribution in [0.5, 0.6) is 0 Å². The first kappa shape index (κ1) is 31.5. The van der Waals surface area contributed by atoms with Gasteiger partial charge >= 0.3 is 0 Å². The minimum atomic E-state index is 0.0501. The van der Waals surface area contributed by atoms with Crippen molar-refractivity contribution < 1.29 is 0 Å². The van der Waals surface area contributed by atoms with Crippen LogP contribution in [0.4, 0.5) is 51.2 Å². The van der Waals surface area contributed by atoms with E-state index in [0.29, 0.717) is 0 Å². The van der Waals surface area contributed by atoms with Gasteiger partial charge in [-0.3, -0.25) is 0 Å². The average molecular weight is 705 g/mol. The molecule has 1 aromatic heterocycles. The molecule has 3 heterocycles. The van der Waals surface area contributed by atoms with Gasteiger partial charge in [0.05, 0.1) is 11.2 Å². The molecule has 0 unspecified atom stereocenters. The van der Waals surface area contributed by atoms with E-state index in [-0.39, 0.29) is 6.71 Å². The summed E-state index contributed by atoms with van der Waals surface area (Å²) in [5.74, 6) is 0. The molecule has 8 aromatic carbocycles. The number of aromatic amines is 1. The number of hydrogen-bond acceptors (Lipinski definition) is 3. The fraction of sp³-hybridized carbons (Fsp3) is 0.0400. The van der Waals surface area contributed by atoms with Gasteiger partial charge in [-0.05, 0) is 109 Å². The van der Waals surface area contributed by atoms with Gasteiger partial charge in [0.2, 0.25) is 0 Å². The molecule has 0 aliphatic carbocycles. The Morgan fingerprint density at radius 2 is 1.11 bits per heavy atom. The summed E-state index contributed by atoms with van der Waals surface area (Å²) < 4.78 is 0. The molecule has 2 aliphatic heterocycles. The normalized spacial score (nSPS) is 12.8. The third kappa shape index (κ3) is 4.86. The monoisotopic (exact) mass is 704 g/mol. The summed E-state index contributed by atoms with van der Waals surface area (Å²) >= 11 is 0. The highest BCUT2D eigenvalue weighted by atomic mass is 15.2. The Hall–Kier alpha value is -6.98. The van der Waals surface area contributed by atoms with Crippen molar-refractivity contribution >= 4 is 96.1 Å². The molecule has 0 spiro atoms. The van der Waals surface area contributed by atoms with Gasteiger partial charge in [0.1, 0.15) is 0 Å². The van der Waals surface area contributed by atoms with Crippen molar-refractivity contribution in [2.75, 3.05) is 14.7 Å². The van der Waals surface area contributed by atoms with Crippen LogP contribution in [0.1, 0.15) is 11.1 Å². The van der Waals surface area contributed by atoms with Crippen LogP contribution in [0.15, 0.2) is 182 Å². The number of para-hydroxylation sites is 4. The number of nitrogens with one attached hydrogen (secondary N) is 1. The van der Waals surface area contributed by atoms with E-state index in [4.69, 9.17) is 0 Å². The van der Waals surface area contributed by atoms with E-state index in [0.717, 1.165) is 33.8 Å². The first-order chi connectivity index (χ1) is 27.1. The first-order valence-electron chi connectivity index (χ1n) is 19.1. The maximum absolute atomic E-state index is 3.79. The smallest absolute Gasteiger partial charge is 0.252 e. The maximum atomic E-state index is 3.79. The summed E-state index contributed by atoms with van der Waals surface area (Å²) in [5, 5.41) is 2.44. The number of rotatable bonds is 5. The second-order valence-corrected chi connectivity index (χ2v) is 14.8. The van der Waals surface area contributed by atoms with Crippen LogP contribution in [-0.4, -0.2) is 11.7 Å². The van der Waals surface area contributed by atoms with E-state index in [9.17, 15) is 0 Å². The van der Waals surface area contributed by atoms with E-state index >= 15 is 0 Å². The van der Waals surface area contributed by atoms with Crippen molar-refractivity contribution in [3.8, 4) is 0 Å². The SMILES string of the molecule is Cc1ccc(N2c3ccc(C)cc3B3c4ccc(N(c5ccccc5)c5cccc6c5[nH]c5ccccc56)cc4N(c4ccccc4)c4cccc2c43)cc1. The van der Waals surface area contributed by atoms with E-state index in [2.05, 4.69) is 216 Å². The molecule has 0 saturated heterocycles. The Bertz CT molecular complexity index is 2920. The number of H-pyrrole nitrogens is 1. The van der Waals surface area contributed by atoms with Crippen LogP contribution in [0, 0.1) is 13.8 Å². The van der Waals surface area contributed by atoms with Crippen LogP contribution >= 0.6 is 0 Å². The Kier molecular flexibility index (Phi) is 7.05. The highest BCUT2D eigenvalue weighted by Crippen LogP contribution is 2.46. The second-order valence-electron chi connectivity index (χ2n) is 14.8. The fourth-order valence-electron chi connectivity index (χ4n) is 9.06. The molecule has 9 aromatic rings. The summed E-state index contributed by atoms with van der Waals surface area (Å²) in [5.41, 5.74) is 19.1. The van der Waals surface area contributed by atoms with Gasteiger partial charge in [0.25, 0.3) is 6.71 Å². The lowest BCUT2D eigenvalue weighted by Gasteiger charge is -2.44. The zero-order chi connectivity index (χ0) is 36.6. The summed E-state index contributed by atoms with van der Waals surface area (Å²) in [7, 11) is 0. The van der Waals surface area contributed by atoms with E-state index < -0.39 is 0 Å². The molecule has 4 nitrogen and oxygen atoms in total. The second kappa shape index (κ2) is 12.3. The molecule has 0 amide bonds. The molecule has 0 bridgehead atoms. The molecule has 5 heteroatoms. The zero-order valence-electron chi connectivity index (χ0n) is 30.7. The predicted octanol–water partition coefficient (Wildman–Crippen LogP) is 11.5. The van der Waals surface area contributed by atoms with Crippen molar-refractivity contribution in [1.82, 2.24) is 4.98 Å². The molecule has 0 atom stereocenters. The quantitative estimate of drug-likeness (QED) is 0.181. The molecule has 0 saturated carbocycles. The summed E-state index contributed by atoms with van der Waals surface area (Å²) in [4.78, 5) is 11.1. The Morgan fingerprint density at radius 1 is 0.455 bits per heavy atom. The van der Waals surface area contributed by atoms with Crippen LogP contribution in [0.25, 0.3) is 21.8 Å². The molecule has 11 rings (SSSR count). The van der Waals surface area contributed by atoms with Crippen LogP contribution in [0.3, 0.4) is 0 Å². The third-order valence-electron chi connectivity index (χ3n) is 11.5. The molecule has 1 N–H and O–H groups in total. The first-order valence-corrected chi connectivity index (χ1v) is 19.1. The highest BCUT2D eigenvalue weighted by molar-refractivity contribution is 7.00. The van der Waals surface area contributed by atoms with Crippen LogP contribution in [0.2, 0.25) is 0 Å². The average Bonchev–Trinajstić information content (AvgIpc) is 3.62. The number of hydrogen-bond donors (Lipinski definition) is 1. The highest BCUT2D eigenvalue weighted by Gasteiger charge is 2.43. The molecular formula is C50H37BN4. The lowest BCUT2D eigenvalue weighted by molar-refractivity contribution is 1.24. The van der Waals surface area contributed by atoms with Crippen LogP contribution in [-0.2, 0) is 0 Å². The van der Waals surface area contributed by atoms with Gasteiger partial charge in [-0.1, -0.05) is 114 Å². The predicted molar refractivity (Wildman–Crippen MR) is 234 cm³/mol. The Morgan fingerprint density at radius 3 is 1.91 bits per heavy atom. The Labute approximate surface area is 321 Å². The van der Waals surface area contributed by atoms with E-state index in [1.165, 1.54) is 66.7 Å². The standard InChI is InChI=1S/C50H37BN4/c1-33-23-26-37(27-24-33)54-44-30-25-34(2)31-42(44)51-41-29-28-38(32-48(41)55(36-15-7-4-8-16-36)46-21-12-20-45(54)49(46)51)53(35-13-5-3-6-14-35)47-22-11-18-40-39-17-9-10-19-43(39)52-50(40)47/h3-32,52H,1-2H3. The molecule has 0 radical (unpaired) electrons. The van der Waals surface area contributed by atoms with Crippen molar-refractivity contribution in [3.05, 3.63) is 193 Å². The summed E-state index contributed by atoms with van der Waals surface area (Å²) in [6.45, 7) is 4.41. The van der Waals surface area contributed by atoms with Gasteiger partial charge in [-0.25, -0.2) is 0 Å². The maximum Gasteiger partial charge on any atom is 0.252 e. The van der Waals surface area contributed by atoms with Gasteiger partial charge < -0.3 is 19.7 Å². The van der Waals surface area contributed by atoms with Crippen molar-refractivity contribution in [1.29, 1.82) is 0 Å². The molecular weight excluding hydrogens is 667 g/mol. The number of benzene rings is 8. The van der Waals surface area contributed by atoms with Crippen LogP contribution < -0.4 is 31.1 Å². The lowest BCUT2D eigenvalue weighted by Crippen LogP contribution is -2.61. The summed E-state index contributed by atoms with van der Waals surface area (Å²) in [6, 6.07) is 66.7. The third-order valence-corrected chi connectivity index (χ3v) is 11.5. The Balaban J connectivity index is 1.18. The van der Waals surface area contributed by atoms with E-state index in [1.54, 1.807) is 0 Å². The number of anilines is 9. The number of nitrogens with zero attached hydrogens (tertiary/aromatic N) is 3. The molecule has 0 fully saturated rings. The minimum Gasteiger partial charge on any atom is -0.353 e. The van der Waals surface area contributed by atoms with Crippen molar-refractivity contribution in [2.45, 2.75) is 13.8 Å². The van der Waals surface area contributed by atoms with Gasteiger partial charge in [0, 0.05) is 61.8 Å². The summed E-state index contributed by atoms with van der Waals surface area (Å²) in [6.07, 6.45) is 0. The van der Waals surface area contributed by atoms with E-state index in [1.807, 2.05) is 0 Å². The number of fused-ring (bicyclic) bond motifs is 7. The number of aryl methyl sites for hydroxylation is 2. The minimum absolute atomic E-state index is 0.0501. The molecule has 260 valence electrons. The largest absolute Gasteiger partial charge is 0.353 e.